The molecule has 0 aliphatic rings. The van der Waals surface area contributed by atoms with E-state index in [-0.39, 0.29) is 12.5 Å². The van der Waals surface area contributed by atoms with E-state index in [0.717, 1.165) is 11.3 Å². The Bertz CT molecular complexity index is 996. The summed E-state index contributed by atoms with van der Waals surface area (Å²) in [5.41, 5.74) is 2.23. The molecule has 0 bridgehead atoms. The van der Waals surface area contributed by atoms with Crippen molar-refractivity contribution in [3.8, 4) is 11.5 Å². The molecule has 0 radical (unpaired) electrons. The van der Waals surface area contributed by atoms with Gasteiger partial charge in [-0.05, 0) is 48.9 Å². The van der Waals surface area contributed by atoms with Crippen molar-refractivity contribution in [2.75, 3.05) is 24.7 Å². The zero-order valence-electron chi connectivity index (χ0n) is 16.5. The molecule has 0 aliphatic heterocycles. The predicted molar refractivity (Wildman–Crippen MR) is 111 cm³/mol. The lowest BCUT2D eigenvalue weighted by molar-refractivity contribution is -0.129. The van der Waals surface area contributed by atoms with Crippen molar-refractivity contribution < 1.29 is 14.3 Å². The number of benzene rings is 2. The van der Waals surface area contributed by atoms with E-state index in [1.54, 1.807) is 44.6 Å². The van der Waals surface area contributed by atoms with Crippen LogP contribution in [0.2, 0.25) is 0 Å². The molecule has 0 aliphatic carbocycles. The predicted octanol–water partition coefficient (Wildman–Crippen LogP) is 3.72. The van der Waals surface area contributed by atoms with Crippen LogP contribution in [0.3, 0.4) is 0 Å². The van der Waals surface area contributed by atoms with Gasteiger partial charge in [-0.2, -0.15) is 5.10 Å². The van der Waals surface area contributed by atoms with E-state index in [1.165, 1.54) is 15.8 Å². The zero-order valence-corrected chi connectivity index (χ0v) is 16.5. The van der Waals surface area contributed by atoms with Crippen molar-refractivity contribution in [2.24, 2.45) is 0 Å². The number of amides is 3. The van der Waals surface area contributed by atoms with Gasteiger partial charge >= 0.3 is 6.03 Å². The normalized spacial score (nSPS) is 10.3. The van der Waals surface area contributed by atoms with E-state index in [0.29, 0.717) is 17.1 Å². The summed E-state index contributed by atoms with van der Waals surface area (Å²) in [6.07, 6.45) is 3.08. The van der Waals surface area contributed by atoms with Crippen molar-refractivity contribution in [2.45, 2.75) is 13.5 Å². The van der Waals surface area contributed by atoms with E-state index < -0.39 is 6.03 Å². The maximum atomic E-state index is 12.2. The highest BCUT2D eigenvalue weighted by molar-refractivity contribution is 5.99. The molecule has 2 N–H and O–H groups in total. The lowest BCUT2D eigenvalue weighted by Crippen LogP contribution is -2.26. The van der Waals surface area contributed by atoms with Crippen LogP contribution >= 0.6 is 0 Å². The van der Waals surface area contributed by atoms with Crippen molar-refractivity contribution in [3.63, 3.8) is 0 Å². The number of hydrogen-bond acceptors (Lipinski definition) is 4. The van der Waals surface area contributed by atoms with Crippen LogP contribution in [-0.2, 0) is 11.3 Å². The minimum absolute atomic E-state index is 0.0860. The molecule has 29 heavy (non-hydrogen) atoms. The Kier molecular flexibility index (Phi) is 6.13. The van der Waals surface area contributed by atoms with Gasteiger partial charge in [-0.25, -0.2) is 4.79 Å². The van der Waals surface area contributed by atoms with Gasteiger partial charge in [-0.15, -0.1) is 0 Å². The number of carbonyl (C=O) groups is 2. The smallest absolute Gasteiger partial charge is 0.323 e. The van der Waals surface area contributed by atoms with Gasteiger partial charge in [0.15, 0.2) is 0 Å². The number of aromatic nitrogens is 2. The molecule has 0 unspecified atom stereocenters. The fourth-order valence-corrected chi connectivity index (χ4v) is 2.51. The summed E-state index contributed by atoms with van der Waals surface area (Å²) in [4.78, 5) is 25.3. The summed E-state index contributed by atoms with van der Waals surface area (Å²) < 4.78 is 7.26. The van der Waals surface area contributed by atoms with E-state index in [2.05, 4.69) is 15.7 Å². The fraction of sp³-hybridized carbons (Fsp3) is 0.190. The number of urea groups is 1. The zero-order chi connectivity index (χ0) is 20.8. The van der Waals surface area contributed by atoms with Gasteiger partial charge in [-0.3, -0.25) is 9.48 Å². The highest BCUT2D eigenvalue weighted by Gasteiger charge is 2.09. The molecule has 150 valence electrons. The quantitative estimate of drug-likeness (QED) is 0.668. The molecule has 0 spiro atoms. The molecule has 0 fully saturated rings. The first kappa shape index (κ1) is 19.9. The number of nitrogens with one attached hydrogen (secondary N) is 2. The van der Waals surface area contributed by atoms with Crippen LogP contribution in [0.1, 0.15) is 5.56 Å². The average molecular weight is 393 g/mol. The number of nitrogens with zero attached hydrogens (tertiary/aromatic N) is 3. The number of ether oxygens (including phenoxy) is 1. The van der Waals surface area contributed by atoms with Gasteiger partial charge in [0, 0.05) is 26.0 Å². The number of rotatable bonds is 6. The van der Waals surface area contributed by atoms with Gasteiger partial charge < -0.3 is 20.3 Å². The number of anilines is 2. The maximum Gasteiger partial charge on any atom is 0.323 e. The summed E-state index contributed by atoms with van der Waals surface area (Å²) in [5.74, 6) is 1.35. The number of carbonyl (C=O) groups excluding carboxylic acids is 2. The molecule has 0 atom stereocenters. The first-order valence-electron chi connectivity index (χ1n) is 9.04. The lowest BCUT2D eigenvalue weighted by atomic mass is 10.2. The van der Waals surface area contributed by atoms with Crippen molar-refractivity contribution in [3.05, 3.63) is 66.5 Å². The highest BCUT2D eigenvalue weighted by atomic mass is 16.5. The van der Waals surface area contributed by atoms with Gasteiger partial charge in [0.2, 0.25) is 5.91 Å². The highest BCUT2D eigenvalue weighted by Crippen LogP contribution is 2.23. The van der Waals surface area contributed by atoms with Crippen LogP contribution in [0.25, 0.3) is 0 Å². The topological polar surface area (TPSA) is 88.5 Å². The molecule has 1 heterocycles. The number of likely N-dealkylation sites (N-methyl/N-ethyl adjacent to an activating group) is 1. The lowest BCUT2D eigenvalue weighted by Gasteiger charge is -2.09. The van der Waals surface area contributed by atoms with Crippen molar-refractivity contribution in [1.82, 2.24) is 14.7 Å². The molecule has 8 nitrogen and oxygen atoms in total. The second-order valence-corrected chi connectivity index (χ2v) is 6.74. The summed E-state index contributed by atoms with van der Waals surface area (Å²) >= 11 is 0. The van der Waals surface area contributed by atoms with Crippen LogP contribution in [0.5, 0.6) is 11.5 Å². The Morgan fingerprint density at radius 1 is 1.03 bits per heavy atom. The van der Waals surface area contributed by atoms with E-state index in [1.807, 2.05) is 31.2 Å². The minimum atomic E-state index is -0.407. The largest absolute Gasteiger partial charge is 0.457 e. The van der Waals surface area contributed by atoms with Crippen LogP contribution in [-0.4, -0.2) is 40.7 Å². The van der Waals surface area contributed by atoms with Gasteiger partial charge in [0.05, 0.1) is 11.9 Å². The first-order valence-corrected chi connectivity index (χ1v) is 9.04. The van der Waals surface area contributed by atoms with Crippen LogP contribution in [0.4, 0.5) is 16.2 Å². The van der Waals surface area contributed by atoms with Crippen molar-refractivity contribution in [1.29, 1.82) is 0 Å². The number of aryl methyl sites for hydroxylation is 1. The molecule has 3 aromatic rings. The van der Waals surface area contributed by atoms with E-state index in [9.17, 15) is 9.59 Å². The van der Waals surface area contributed by atoms with Crippen LogP contribution in [0, 0.1) is 6.92 Å². The van der Waals surface area contributed by atoms with Gasteiger partial charge in [0.25, 0.3) is 0 Å². The van der Waals surface area contributed by atoms with Gasteiger partial charge in [0.1, 0.15) is 18.0 Å². The Labute approximate surface area is 169 Å². The minimum Gasteiger partial charge on any atom is -0.457 e. The van der Waals surface area contributed by atoms with Crippen LogP contribution < -0.4 is 15.4 Å². The molecular weight excluding hydrogens is 370 g/mol. The van der Waals surface area contributed by atoms with Crippen LogP contribution in [0.15, 0.2) is 60.9 Å². The molecule has 1 aromatic heterocycles. The Hall–Kier alpha value is -3.81. The third kappa shape index (κ3) is 5.83. The van der Waals surface area contributed by atoms with E-state index >= 15 is 0 Å². The SMILES string of the molecule is Cc1cccc(Oc2ccc(NC(=O)Nc3cnn(CC(=O)N(C)C)c3)cc2)c1. The second kappa shape index (κ2) is 8.92. The molecular formula is C21H23N5O3. The summed E-state index contributed by atoms with van der Waals surface area (Å²) in [7, 11) is 3.35. The third-order valence-electron chi connectivity index (χ3n) is 4.02. The third-order valence-corrected chi connectivity index (χ3v) is 4.02. The Balaban J connectivity index is 1.53. The van der Waals surface area contributed by atoms with Gasteiger partial charge in [-0.1, -0.05) is 12.1 Å². The Morgan fingerprint density at radius 3 is 2.45 bits per heavy atom. The monoisotopic (exact) mass is 393 g/mol. The Morgan fingerprint density at radius 2 is 1.76 bits per heavy atom. The fourth-order valence-electron chi connectivity index (χ4n) is 2.51. The molecule has 8 heteroatoms. The summed E-state index contributed by atoms with van der Waals surface area (Å²) in [6, 6.07) is 14.4. The van der Waals surface area contributed by atoms with E-state index in [4.69, 9.17) is 4.74 Å². The average Bonchev–Trinajstić information content (AvgIpc) is 3.10. The van der Waals surface area contributed by atoms with Crippen molar-refractivity contribution >= 4 is 23.3 Å². The molecule has 3 rings (SSSR count). The molecule has 2 aromatic carbocycles. The standard InChI is InChI=1S/C21H23N5O3/c1-15-5-4-6-19(11-15)29-18-9-7-16(8-10-18)23-21(28)24-17-12-22-26(13-17)14-20(27)25(2)3/h4-13H,14H2,1-3H3,(H2,23,24,28). The summed E-state index contributed by atoms with van der Waals surface area (Å²) in [5, 5.41) is 9.49. The molecule has 0 saturated heterocycles. The molecule has 0 saturated carbocycles. The molecule has 3 amide bonds. The summed E-state index contributed by atoms with van der Waals surface area (Å²) in [6.45, 7) is 2.11. The maximum absolute atomic E-state index is 12.2. The first-order chi connectivity index (χ1) is 13.9. The second-order valence-electron chi connectivity index (χ2n) is 6.74. The number of hydrogen-bond donors (Lipinski definition) is 2.